The van der Waals surface area contributed by atoms with Crippen LogP contribution < -0.4 is 15.4 Å². The van der Waals surface area contributed by atoms with E-state index in [1.54, 1.807) is 7.11 Å². The zero-order valence-electron chi connectivity index (χ0n) is 17.2. The van der Waals surface area contributed by atoms with Gasteiger partial charge in [-0.25, -0.2) is 4.79 Å². The van der Waals surface area contributed by atoms with E-state index in [4.69, 9.17) is 9.15 Å². The average Bonchev–Trinajstić information content (AvgIpc) is 3.29. The van der Waals surface area contributed by atoms with Crippen LogP contribution >= 0.6 is 0 Å². The summed E-state index contributed by atoms with van der Waals surface area (Å²) in [6.45, 7) is 1.94. The molecule has 0 aliphatic heterocycles. The van der Waals surface area contributed by atoms with E-state index in [2.05, 4.69) is 20.8 Å². The number of aryl methyl sites for hydroxylation is 1. The molecule has 31 heavy (non-hydrogen) atoms. The topological polar surface area (TPSA) is 89.3 Å². The third-order valence-electron chi connectivity index (χ3n) is 4.72. The van der Waals surface area contributed by atoms with Crippen LogP contribution in [0.2, 0.25) is 0 Å². The molecule has 1 heterocycles. The van der Waals surface area contributed by atoms with E-state index in [9.17, 15) is 4.79 Å². The number of carbonyl (C=O) groups is 1. The van der Waals surface area contributed by atoms with Crippen molar-refractivity contribution < 1.29 is 13.9 Å². The van der Waals surface area contributed by atoms with Gasteiger partial charge in [-0.15, -0.1) is 10.2 Å². The molecule has 0 bridgehead atoms. The van der Waals surface area contributed by atoms with Crippen molar-refractivity contribution in [3.05, 3.63) is 95.9 Å². The average molecular weight is 414 g/mol. The van der Waals surface area contributed by atoms with Gasteiger partial charge in [0.05, 0.1) is 12.8 Å². The van der Waals surface area contributed by atoms with Crippen LogP contribution in [0.5, 0.6) is 5.75 Å². The number of hydrogen-bond acceptors (Lipinski definition) is 5. The first-order chi connectivity index (χ1) is 15.1. The molecule has 0 saturated heterocycles. The Kier molecular flexibility index (Phi) is 5.93. The highest BCUT2D eigenvalue weighted by molar-refractivity contribution is 5.91. The van der Waals surface area contributed by atoms with Gasteiger partial charge in [-0.1, -0.05) is 54.6 Å². The predicted molar refractivity (Wildman–Crippen MR) is 118 cm³/mol. The summed E-state index contributed by atoms with van der Waals surface area (Å²) in [7, 11) is 1.56. The minimum atomic E-state index is -0.623. The molecular formula is C24H22N4O3. The highest BCUT2D eigenvalue weighted by Crippen LogP contribution is 2.27. The number of hydrogen-bond donors (Lipinski definition) is 2. The minimum absolute atomic E-state index is 0.288. The van der Waals surface area contributed by atoms with Crippen LogP contribution in [0.4, 0.5) is 10.5 Å². The Morgan fingerprint density at radius 1 is 0.968 bits per heavy atom. The molecule has 0 radical (unpaired) electrons. The lowest BCUT2D eigenvalue weighted by Crippen LogP contribution is -2.33. The van der Waals surface area contributed by atoms with Gasteiger partial charge in [-0.05, 0) is 42.3 Å². The molecular weight excluding hydrogens is 392 g/mol. The number of rotatable bonds is 6. The van der Waals surface area contributed by atoms with E-state index < -0.39 is 12.1 Å². The van der Waals surface area contributed by atoms with Crippen molar-refractivity contribution in [2.75, 3.05) is 12.4 Å². The second-order valence-electron chi connectivity index (χ2n) is 6.96. The molecule has 0 aliphatic carbocycles. The summed E-state index contributed by atoms with van der Waals surface area (Å²) in [5, 5.41) is 14.1. The molecule has 0 aliphatic rings. The van der Waals surface area contributed by atoms with E-state index in [0.717, 1.165) is 16.7 Å². The number of anilines is 1. The number of aromatic nitrogens is 2. The smallest absolute Gasteiger partial charge is 0.320 e. The van der Waals surface area contributed by atoms with Crippen LogP contribution in [0.15, 0.2) is 83.3 Å². The summed E-state index contributed by atoms with van der Waals surface area (Å²) in [5.74, 6) is 1.25. The second-order valence-corrected chi connectivity index (χ2v) is 6.96. The van der Waals surface area contributed by atoms with Crippen molar-refractivity contribution in [2.45, 2.75) is 13.0 Å². The summed E-state index contributed by atoms with van der Waals surface area (Å²) >= 11 is 0. The van der Waals surface area contributed by atoms with E-state index in [1.165, 1.54) is 0 Å². The van der Waals surface area contributed by atoms with Gasteiger partial charge in [-0.2, -0.15) is 0 Å². The monoisotopic (exact) mass is 414 g/mol. The van der Waals surface area contributed by atoms with Crippen molar-refractivity contribution in [3.63, 3.8) is 0 Å². The molecule has 1 aromatic heterocycles. The van der Waals surface area contributed by atoms with Crippen LogP contribution in [0.25, 0.3) is 11.5 Å². The second kappa shape index (κ2) is 9.13. The van der Waals surface area contributed by atoms with Gasteiger partial charge in [0, 0.05) is 5.56 Å². The van der Waals surface area contributed by atoms with Crippen molar-refractivity contribution in [1.29, 1.82) is 0 Å². The molecule has 4 rings (SSSR count). The third kappa shape index (κ3) is 4.72. The highest BCUT2D eigenvalue weighted by Gasteiger charge is 2.24. The lowest BCUT2D eigenvalue weighted by molar-refractivity contribution is 0.248. The summed E-state index contributed by atoms with van der Waals surface area (Å²) in [6.07, 6.45) is 0. The Labute approximate surface area is 180 Å². The number of ether oxygens (including phenoxy) is 1. The van der Waals surface area contributed by atoms with E-state index in [0.29, 0.717) is 17.3 Å². The van der Waals surface area contributed by atoms with Crippen molar-refractivity contribution >= 4 is 11.7 Å². The van der Waals surface area contributed by atoms with Crippen molar-refractivity contribution in [3.8, 4) is 17.2 Å². The summed E-state index contributed by atoms with van der Waals surface area (Å²) in [5.41, 5.74) is 3.20. The van der Waals surface area contributed by atoms with Gasteiger partial charge in [0.15, 0.2) is 0 Å². The van der Waals surface area contributed by atoms with Crippen LogP contribution in [0, 0.1) is 6.92 Å². The normalized spacial score (nSPS) is 11.5. The van der Waals surface area contributed by atoms with E-state index in [1.807, 2.05) is 85.8 Å². The Bertz CT molecular complexity index is 1160. The number of nitrogens with one attached hydrogen (secondary N) is 2. The maximum Gasteiger partial charge on any atom is 0.320 e. The van der Waals surface area contributed by atoms with Gasteiger partial charge in [-0.3, -0.25) is 0 Å². The fourth-order valence-electron chi connectivity index (χ4n) is 3.19. The van der Waals surface area contributed by atoms with Gasteiger partial charge in [0.2, 0.25) is 11.8 Å². The quantitative estimate of drug-likeness (QED) is 0.465. The van der Waals surface area contributed by atoms with Gasteiger partial charge in [0.1, 0.15) is 11.8 Å². The SMILES string of the molecule is COc1ccc(C)cc1NC(=O)NC(c1ccccc1)c1nnc(-c2ccccc2)o1. The maximum absolute atomic E-state index is 12.9. The molecule has 7 heteroatoms. The van der Waals surface area contributed by atoms with Crippen LogP contribution in [0.1, 0.15) is 23.1 Å². The zero-order chi connectivity index (χ0) is 21.6. The molecule has 2 amide bonds. The maximum atomic E-state index is 12.9. The molecule has 1 atom stereocenters. The molecule has 0 saturated carbocycles. The number of urea groups is 1. The van der Waals surface area contributed by atoms with Crippen molar-refractivity contribution in [2.24, 2.45) is 0 Å². The van der Waals surface area contributed by atoms with Gasteiger partial charge >= 0.3 is 6.03 Å². The fourth-order valence-corrected chi connectivity index (χ4v) is 3.19. The van der Waals surface area contributed by atoms with Crippen LogP contribution in [-0.4, -0.2) is 23.3 Å². The van der Waals surface area contributed by atoms with Gasteiger partial charge < -0.3 is 19.8 Å². The molecule has 1 unspecified atom stereocenters. The first kappa shape index (κ1) is 20.2. The number of methoxy groups -OCH3 is 1. The molecule has 0 spiro atoms. The van der Waals surface area contributed by atoms with E-state index >= 15 is 0 Å². The molecule has 3 aromatic carbocycles. The number of benzene rings is 3. The lowest BCUT2D eigenvalue weighted by Gasteiger charge is -2.17. The van der Waals surface area contributed by atoms with E-state index in [-0.39, 0.29) is 5.89 Å². The Morgan fingerprint density at radius 2 is 1.68 bits per heavy atom. The predicted octanol–water partition coefficient (Wildman–Crippen LogP) is 4.96. The first-order valence-corrected chi connectivity index (χ1v) is 9.80. The first-order valence-electron chi connectivity index (χ1n) is 9.80. The standard InChI is InChI=1S/C24H22N4O3/c1-16-13-14-20(30-2)19(15-16)25-24(29)26-21(17-9-5-3-6-10-17)23-28-27-22(31-23)18-11-7-4-8-12-18/h3-15,21H,1-2H3,(H2,25,26,29). The summed E-state index contributed by atoms with van der Waals surface area (Å²) in [4.78, 5) is 12.9. The molecule has 0 fully saturated rings. The van der Waals surface area contributed by atoms with Crippen LogP contribution in [0.3, 0.4) is 0 Å². The Hall–Kier alpha value is -4.13. The fraction of sp³-hybridized carbons (Fsp3) is 0.125. The zero-order valence-corrected chi connectivity index (χ0v) is 17.2. The summed E-state index contributed by atoms with van der Waals surface area (Å²) < 4.78 is 11.3. The van der Waals surface area contributed by atoms with Crippen molar-refractivity contribution in [1.82, 2.24) is 15.5 Å². The highest BCUT2D eigenvalue weighted by atomic mass is 16.5. The Balaban J connectivity index is 1.60. The summed E-state index contributed by atoms with van der Waals surface area (Å²) in [6, 6.07) is 23.5. The number of carbonyl (C=O) groups excluding carboxylic acids is 1. The molecule has 2 N–H and O–H groups in total. The Morgan fingerprint density at radius 3 is 2.39 bits per heavy atom. The number of amides is 2. The minimum Gasteiger partial charge on any atom is -0.495 e. The number of nitrogens with zero attached hydrogens (tertiary/aromatic N) is 2. The third-order valence-corrected chi connectivity index (χ3v) is 4.72. The molecule has 7 nitrogen and oxygen atoms in total. The molecule has 156 valence electrons. The largest absolute Gasteiger partial charge is 0.495 e. The molecule has 4 aromatic rings. The van der Waals surface area contributed by atoms with Crippen LogP contribution in [-0.2, 0) is 0 Å². The van der Waals surface area contributed by atoms with Gasteiger partial charge in [0.25, 0.3) is 0 Å². The lowest BCUT2D eigenvalue weighted by atomic mass is 10.1.